The summed E-state index contributed by atoms with van der Waals surface area (Å²) >= 11 is 12.4. The number of hydrogen-bond donors (Lipinski definition) is 0. The molecule has 0 bridgehead atoms. The number of benzene rings is 3. The Labute approximate surface area is 154 Å². The molecule has 3 aromatic carbocycles. The first-order chi connectivity index (χ1) is 12.0. The number of fused-ring (bicyclic) bond motifs is 1. The number of aryl methyl sites for hydroxylation is 1. The lowest BCUT2D eigenvalue weighted by Gasteiger charge is -2.06. The maximum Gasteiger partial charge on any atom is 0.159 e. The van der Waals surface area contributed by atoms with E-state index in [1.165, 1.54) is 6.07 Å². The molecule has 4 rings (SSSR count). The van der Waals surface area contributed by atoms with E-state index in [1.807, 2.05) is 42.5 Å². The van der Waals surface area contributed by atoms with Gasteiger partial charge >= 0.3 is 0 Å². The predicted molar refractivity (Wildman–Crippen MR) is 101 cm³/mol. The average molecular weight is 371 g/mol. The fraction of sp³-hybridized carbons (Fsp3) is 0.0500. The second-order valence-corrected chi connectivity index (χ2v) is 6.67. The summed E-state index contributed by atoms with van der Waals surface area (Å²) in [6, 6.07) is 18.5. The van der Waals surface area contributed by atoms with Gasteiger partial charge in [0.2, 0.25) is 0 Å². The molecule has 2 nitrogen and oxygen atoms in total. The first-order valence-electron chi connectivity index (χ1n) is 7.74. The number of rotatable bonds is 2. The van der Waals surface area contributed by atoms with Crippen LogP contribution in [0.5, 0.6) is 0 Å². The highest BCUT2D eigenvalue weighted by atomic mass is 35.5. The summed E-state index contributed by atoms with van der Waals surface area (Å²) in [6.07, 6.45) is 0. The Balaban J connectivity index is 1.88. The molecule has 0 saturated heterocycles. The van der Waals surface area contributed by atoms with Gasteiger partial charge in [-0.3, -0.25) is 0 Å². The first-order valence-corrected chi connectivity index (χ1v) is 8.49. The second-order valence-electron chi connectivity index (χ2n) is 5.88. The van der Waals surface area contributed by atoms with Gasteiger partial charge in [-0.25, -0.2) is 9.07 Å². The van der Waals surface area contributed by atoms with Crippen molar-refractivity contribution in [1.29, 1.82) is 0 Å². The van der Waals surface area contributed by atoms with E-state index in [2.05, 4.69) is 5.10 Å². The largest absolute Gasteiger partial charge is 0.232 e. The van der Waals surface area contributed by atoms with Crippen LogP contribution in [0.2, 0.25) is 10.2 Å². The highest BCUT2D eigenvalue weighted by molar-refractivity contribution is 6.34. The van der Waals surface area contributed by atoms with Gasteiger partial charge in [0, 0.05) is 10.4 Å². The molecule has 0 aliphatic carbocycles. The summed E-state index contributed by atoms with van der Waals surface area (Å²) < 4.78 is 15.3. The van der Waals surface area contributed by atoms with E-state index in [9.17, 15) is 4.39 Å². The summed E-state index contributed by atoms with van der Waals surface area (Å²) in [7, 11) is 0. The fourth-order valence-corrected chi connectivity index (χ4v) is 3.30. The van der Waals surface area contributed by atoms with Gasteiger partial charge in [0.05, 0.1) is 11.2 Å². The van der Waals surface area contributed by atoms with E-state index < -0.39 is 0 Å². The third-order valence-electron chi connectivity index (χ3n) is 4.18. The molecule has 0 N–H and O–H groups in total. The monoisotopic (exact) mass is 370 g/mol. The third-order valence-corrected chi connectivity index (χ3v) is 4.69. The van der Waals surface area contributed by atoms with Crippen molar-refractivity contribution in [2.45, 2.75) is 6.92 Å². The fourth-order valence-electron chi connectivity index (χ4n) is 2.89. The van der Waals surface area contributed by atoms with E-state index in [1.54, 1.807) is 23.7 Å². The van der Waals surface area contributed by atoms with E-state index in [4.69, 9.17) is 23.2 Å². The van der Waals surface area contributed by atoms with Crippen LogP contribution in [-0.4, -0.2) is 9.78 Å². The molecule has 1 heterocycles. The molecule has 0 spiro atoms. The van der Waals surface area contributed by atoms with Crippen molar-refractivity contribution in [2.75, 3.05) is 0 Å². The lowest BCUT2D eigenvalue weighted by Crippen LogP contribution is -1.97. The van der Waals surface area contributed by atoms with Gasteiger partial charge in [0.15, 0.2) is 5.15 Å². The molecule has 25 heavy (non-hydrogen) atoms. The maximum atomic E-state index is 13.5. The van der Waals surface area contributed by atoms with Crippen LogP contribution in [0.3, 0.4) is 0 Å². The van der Waals surface area contributed by atoms with Crippen LogP contribution in [0.15, 0.2) is 60.7 Å². The molecular formula is C20H13Cl2FN2. The van der Waals surface area contributed by atoms with E-state index >= 15 is 0 Å². The van der Waals surface area contributed by atoms with E-state index in [-0.39, 0.29) is 5.82 Å². The number of hydrogen-bond acceptors (Lipinski definition) is 1. The Kier molecular flexibility index (Phi) is 3.98. The highest BCUT2D eigenvalue weighted by Crippen LogP contribution is 2.31. The molecule has 0 unspecified atom stereocenters. The molecular weight excluding hydrogens is 358 g/mol. The van der Waals surface area contributed by atoms with E-state index in [0.29, 0.717) is 15.7 Å². The summed E-state index contributed by atoms with van der Waals surface area (Å²) in [5.74, 6) is -0.241. The van der Waals surface area contributed by atoms with Gasteiger partial charge in [-0.2, -0.15) is 5.10 Å². The molecule has 0 radical (unpaired) electrons. The van der Waals surface area contributed by atoms with Crippen LogP contribution in [0.1, 0.15) is 5.56 Å². The van der Waals surface area contributed by atoms with Crippen molar-refractivity contribution in [1.82, 2.24) is 9.78 Å². The number of nitrogens with zero attached hydrogens (tertiary/aromatic N) is 2. The van der Waals surface area contributed by atoms with Crippen molar-refractivity contribution < 1.29 is 4.39 Å². The maximum absolute atomic E-state index is 13.5. The SMILES string of the molecule is Cc1cc(-n2nc(Cl)c3cc(-c4cccc(Cl)c4)ccc32)ccc1F. The molecule has 1 aromatic heterocycles. The van der Waals surface area contributed by atoms with Gasteiger partial charge in [0.1, 0.15) is 5.82 Å². The average Bonchev–Trinajstić information content (AvgIpc) is 2.94. The van der Waals surface area contributed by atoms with Crippen molar-refractivity contribution in [3.05, 3.63) is 82.2 Å². The number of aromatic nitrogens is 2. The van der Waals surface area contributed by atoms with E-state index in [0.717, 1.165) is 27.7 Å². The zero-order valence-corrected chi connectivity index (χ0v) is 14.8. The second kappa shape index (κ2) is 6.17. The lowest BCUT2D eigenvalue weighted by atomic mass is 10.0. The Morgan fingerprint density at radius 1 is 0.920 bits per heavy atom. The smallest absolute Gasteiger partial charge is 0.159 e. The Morgan fingerprint density at radius 2 is 1.72 bits per heavy atom. The molecule has 5 heteroatoms. The molecule has 4 aromatic rings. The zero-order chi connectivity index (χ0) is 17.6. The molecule has 0 saturated carbocycles. The van der Waals surface area contributed by atoms with Gasteiger partial charge < -0.3 is 0 Å². The van der Waals surface area contributed by atoms with Crippen molar-refractivity contribution in [3.8, 4) is 16.8 Å². The quantitative estimate of drug-likeness (QED) is 0.396. The van der Waals surface area contributed by atoms with Crippen molar-refractivity contribution >= 4 is 34.1 Å². The predicted octanol–water partition coefficient (Wildman–Crippen LogP) is 6.45. The van der Waals surface area contributed by atoms with Gasteiger partial charge in [-0.1, -0.05) is 41.4 Å². The van der Waals surface area contributed by atoms with Crippen LogP contribution in [0.4, 0.5) is 4.39 Å². The van der Waals surface area contributed by atoms with Crippen LogP contribution in [0, 0.1) is 12.7 Å². The summed E-state index contributed by atoms with van der Waals surface area (Å²) in [5.41, 5.74) is 4.21. The van der Waals surface area contributed by atoms with Crippen LogP contribution in [-0.2, 0) is 0 Å². The van der Waals surface area contributed by atoms with Crippen LogP contribution < -0.4 is 0 Å². The van der Waals surface area contributed by atoms with Crippen molar-refractivity contribution in [3.63, 3.8) is 0 Å². The highest BCUT2D eigenvalue weighted by Gasteiger charge is 2.12. The molecule has 0 aliphatic rings. The topological polar surface area (TPSA) is 17.8 Å². The third kappa shape index (κ3) is 2.90. The summed E-state index contributed by atoms with van der Waals surface area (Å²) in [6.45, 7) is 1.73. The minimum Gasteiger partial charge on any atom is -0.232 e. The standard InChI is InChI=1S/C20H13Cl2FN2/c1-12-9-16(6-7-18(12)23)25-19-8-5-14(11-17(19)20(22)24-25)13-3-2-4-15(21)10-13/h2-11H,1H3. The normalized spacial score (nSPS) is 11.2. The minimum absolute atomic E-state index is 0.241. The van der Waals surface area contributed by atoms with Gasteiger partial charge in [-0.05, 0) is 66.1 Å². The molecule has 0 amide bonds. The summed E-state index contributed by atoms with van der Waals surface area (Å²) in [5, 5.41) is 6.34. The van der Waals surface area contributed by atoms with Gasteiger partial charge in [0.25, 0.3) is 0 Å². The Morgan fingerprint density at radius 3 is 2.48 bits per heavy atom. The van der Waals surface area contributed by atoms with Crippen LogP contribution in [0.25, 0.3) is 27.7 Å². The molecule has 0 fully saturated rings. The minimum atomic E-state index is -0.241. The van der Waals surface area contributed by atoms with Crippen LogP contribution >= 0.6 is 23.2 Å². The Hall–Kier alpha value is -2.36. The first kappa shape index (κ1) is 16.1. The lowest BCUT2D eigenvalue weighted by molar-refractivity contribution is 0.617. The molecule has 124 valence electrons. The Bertz CT molecular complexity index is 1100. The number of halogens is 3. The molecule has 0 atom stereocenters. The van der Waals surface area contributed by atoms with Gasteiger partial charge in [-0.15, -0.1) is 0 Å². The van der Waals surface area contributed by atoms with Crippen molar-refractivity contribution in [2.24, 2.45) is 0 Å². The zero-order valence-electron chi connectivity index (χ0n) is 13.3. The molecule has 0 aliphatic heterocycles. The summed E-state index contributed by atoms with van der Waals surface area (Å²) in [4.78, 5) is 0.